The van der Waals surface area contributed by atoms with Gasteiger partial charge in [0.25, 0.3) is 0 Å². The van der Waals surface area contributed by atoms with E-state index in [2.05, 4.69) is 15.9 Å². The molecule has 0 saturated heterocycles. The number of benzene rings is 2. The van der Waals surface area contributed by atoms with Gasteiger partial charge in [-0.3, -0.25) is 0 Å². The number of sulfonamides is 1. The summed E-state index contributed by atoms with van der Waals surface area (Å²) in [6.45, 7) is 2.52. The average molecular weight is 427 g/mol. The second-order valence-electron chi connectivity index (χ2n) is 5.85. The van der Waals surface area contributed by atoms with Crippen LogP contribution in [0.25, 0.3) is 0 Å². The number of hydrogen-bond donors (Lipinski definition) is 0. The lowest BCUT2D eigenvalue weighted by atomic mass is 10.2. The van der Waals surface area contributed by atoms with Crippen molar-refractivity contribution >= 4 is 31.6 Å². The maximum atomic E-state index is 13.0. The highest BCUT2D eigenvalue weighted by Crippen LogP contribution is 2.30. The summed E-state index contributed by atoms with van der Waals surface area (Å²) in [4.78, 5) is 2.16. The molecular formula is C18H23BrN2O3S. The Balaban J connectivity index is 2.28. The molecule has 5 nitrogen and oxygen atoms in total. The first kappa shape index (κ1) is 19.8. The molecule has 0 saturated carbocycles. The van der Waals surface area contributed by atoms with E-state index in [9.17, 15) is 8.42 Å². The monoisotopic (exact) mass is 426 g/mol. The molecule has 2 aromatic rings. The number of nitrogens with zero attached hydrogens (tertiary/aromatic N) is 2. The molecule has 0 aliphatic rings. The van der Waals surface area contributed by atoms with Crippen molar-refractivity contribution in [3.63, 3.8) is 0 Å². The molecule has 2 rings (SSSR count). The van der Waals surface area contributed by atoms with Crippen molar-refractivity contribution in [2.45, 2.75) is 18.4 Å². The summed E-state index contributed by atoms with van der Waals surface area (Å²) in [6.07, 6.45) is 0. The largest absolute Gasteiger partial charge is 0.492 e. The molecule has 0 unspecified atom stereocenters. The quantitative estimate of drug-likeness (QED) is 0.676. The molecule has 7 heteroatoms. The summed E-state index contributed by atoms with van der Waals surface area (Å²) < 4.78 is 33.5. The van der Waals surface area contributed by atoms with Crippen LogP contribution in [0.1, 0.15) is 12.5 Å². The maximum Gasteiger partial charge on any atom is 0.246 e. The number of ether oxygens (including phenoxy) is 1. The summed E-state index contributed by atoms with van der Waals surface area (Å²) >= 11 is 3.33. The molecule has 0 aromatic heterocycles. The Bertz CT molecular complexity index is 821. The van der Waals surface area contributed by atoms with Crippen LogP contribution in [-0.4, -0.2) is 40.5 Å². The van der Waals surface area contributed by atoms with E-state index in [1.54, 1.807) is 25.2 Å². The molecule has 0 N–H and O–H groups in total. The fourth-order valence-electron chi connectivity index (χ4n) is 2.37. The zero-order valence-electron chi connectivity index (χ0n) is 14.9. The summed E-state index contributed by atoms with van der Waals surface area (Å²) in [5.41, 5.74) is 1.99. The van der Waals surface area contributed by atoms with Gasteiger partial charge in [-0.2, -0.15) is 4.31 Å². The normalized spacial score (nSPS) is 11.6. The van der Waals surface area contributed by atoms with Gasteiger partial charge >= 0.3 is 0 Å². The standard InChI is InChI=1S/C18H23BrN2O3S/c1-5-24-17-11-8-15(19)12-18(17)25(22,23)21(4)13-14-6-9-16(10-7-14)20(2)3/h6-12H,5,13H2,1-4H3. The second-order valence-corrected chi connectivity index (χ2v) is 8.78. The Morgan fingerprint density at radius 3 is 2.24 bits per heavy atom. The lowest BCUT2D eigenvalue weighted by molar-refractivity contribution is 0.329. The molecule has 0 spiro atoms. The fourth-order valence-corrected chi connectivity index (χ4v) is 4.19. The lowest BCUT2D eigenvalue weighted by Gasteiger charge is -2.20. The van der Waals surface area contributed by atoms with Crippen LogP contribution in [0, 0.1) is 0 Å². The third-order valence-corrected chi connectivity index (χ3v) is 6.07. The second kappa shape index (κ2) is 8.21. The Morgan fingerprint density at radius 2 is 1.68 bits per heavy atom. The zero-order chi connectivity index (χ0) is 18.6. The van der Waals surface area contributed by atoms with Gasteiger partial charge in [-0.1, -0.05) is 28.1 Å². The topological polar surface area (TPSA) is 49.9 Å². The van der Waals surface area contributed by atoms with Crippen molar-refractivity contribution in [3.8, 4) is 5.75 Å². The van der Waals surface area contributed by atoms with Crippen molar-refractivity contribution in [2.24, 2.45) is 0 Å². The highest BCUT2D eigenvalue weighted by atomic mass is 79.9. The van der Waals surface area contributed by atoms with Crippen LogP contribution >= 0.6 is 15.9 Å². The van der Waals surface area contributed by atoms with Gasteiger partial charge in [-0.15, -0.1) is 0 Å². The number of halogens is 1. The Kier molecular flexibility index (Phi) is 6.48. The first-order chi connectivity index (χ1) is 11.8. The smallest absolute Gasteiger partial charge is 0.246 e. The van der Waals surface area contributed by atoms with E-state index in [1.165, 1.54) is 4.31 Å². The van der Waals surface area contributed by atoms with E-state index in [4.69, 9.17) is 4.74 Å². The van der Waals surface area contributed by atoms with Crippen molar-refractivity contribution in [1.82, 2.24) is 4.31 Å². The fraction of sp³-hybridized carbons (Fsp3) is 0.333. The first-order valence-corrected chi connectivity index (χ1v) is 10.1. The van der Waals surface area contributed by atoms with Gasteiger partial charge in [0.2, 0.25) is 10.0 Å². The average Bonchev–Trinajstić information content (AvgIpc) is 2.57. The number of hydrogen-bond acceptors (Lipinski definition) is 4. The lowest BCUT2D eigenvalue weighted by Crippen LogP contribution is -2.27. The molecule has 0 radical (unpaired) electrons. The van der Waals surface area contributed by atoms with E-state index in [0.717, 1.165) is 11.3 Å². The van der Waals surface area contributed by atoms with E-state index in [1.807, 2.05) is 50.2 Å². The highest BCUT2D eigenvalue weighted by Gasteiger charge is 2.25. The molecule has 0 atom stereocenters. The molecule has 0 amide bonds. The van der Waals surface area contributed by atoms with Crippen LogP contribution in [0.15, 0.2) is 51.8 Å². The van der Waals surface area contributed by atoms with Crippen LogP contribution in [0.2, 0.25) is 0 Å². The van der Waals surface area contributed by atoms with Crippen LogP contribution in [0.3, 0.4) is 0 Å². The molecule has 2 aromatic carbocycles. The third-order valence-electron chi connectivity index (χ3n) is 3.75. The van der Waals surface area contributed by atoms with Gasteiger partial charge in [0.05, 0.1) is 6.61 Å². The summed E-state index contributed by atoms with van der Waals surface area (Å²) in [5, 5.41) is 0. The minimum Gasteiger partial charge on any atom is -0.492 e. The predicted octanol–water partition coefficient (Wildman–Crippen LogP) is 3.73. The van der Waals surface area contributed by atoms with Crippen LogP contribution in [-0.2, 0) is 16.6 Å². The minimum atomic E-state index is -3.67. The molecule has 25 heavy (non-hydrogen) atoms. The number of anilines is 1. The van der Waals surface area contributed by atoms with Crippen molar-refractivity contribution < 1.29 is 13.2 Å². The molecule has 0 aliphatic heterocycles. The Labute approximate surface area is 158 Å². The van der Waals surface area contributed by atoms with Gasteiger partial charge in [-0.25, -0.2) is 8.42 Å². The highest BCUT2D eigenvalue weighted by molar-refractivity contribution is 9.10. The first-order valence-electron chi connectivity index (χ1n) is 7.90. The zero-order valence-corrected chi connectivity index (χ0v) is 17.3. The Hall–Kier alpha value is -1.57. The Morgan fingerprint density at radius 1 is 1.04 bits per heavy atom. The molecule has 0 bridgehead atoms. The number of rotatable bonds is 7. The van der Waals surface area contributed by atoms with Gasteiger partial charge in [0.15, 0.2) is 0 Å². The van der Waals surface area contributed by atoms with Crippen LogP contribution in [0.5, 0.6) is 5.75 Å². The summed E-state index contributed by atoms with van der Waals surface area (Å²) in [7, 11) is 1.84. The van der Waals surface area contributed by atoms with Gasteiger partial charge < -0.3 is 9.64 Å². The van der Waals surface area contributed by atoms with E-state index < -0.39 is 10.0 Å². The summed E-state index contributed by atoms with van der Waals surface area (Å²) in [6, 6.07) is 12.8. The van der Waals surface area contributed by atoms with Crippen LogP contribution in [0.4, 0.5) is 5.69 Å². The minimum absolute atomic E-state index is 0.163. The van der Waals surface area contributed by atoms with Gasteiger partial charge in [0, 0.05) is 37.8 Å². The van der Waals surface area contributed by atoms with E-state index >= 15 is 0 Å². The molecular weight excluding hydrogens is 404 g/mol. The molecule has 0 heterocycles. The van der Waals surface area contributed by atoms with E-state index in [0.29, 0.717) is 16.8 Å². The van der Waals surface area contributed by atoms with Gasteiger partial charge in [-0.05, 0) is 42.8 Å². The predicted molar refractivity (Wildman–Crippen MR) is 105 cm³/mol. The SMILES string of the molecule is CCOc1ccc(Br)cc1S(=O)(=O)N(C)Cc1ccc(N(C)C)cc1. The molecule has 136 valence electrons. The van der Waals surface area contributed by atoms with Gasteiger partial charge in [0.1, 0.15) is 10.6 Å². The molecule has 0 fully saturated rings. The van der Waals surface area contributed by atoms with Crippen molar-refractivity contribution in [1.29, 1.82) is 0 Å². The summed E-state index contributed by atoms with van der Waals surface area (Å²) in [5.74, 6) is 0.362. The van der Waals surface area contributed by atoms with E-state index in [-0.39, 0.29) is 11.4 Å². The third kappa shape index (κ3) is 4.74. The van der Waals surface area contributed by atoms with Crippen LogP contribution < -0.4 is 9.64 Å². The molecule has 0 aliphatic carbocycles. The van der Waals surface area contributed by atoms with Crippen molar-refractivity contribution in [2.75, 3.05) is 32.6 Å². The van der Waals surface area contributed by atoms with Crippen molar-refractivity contribution in [3.05, 3.63) is 52.5 Å². The maximum absolute atomic E-state index is 13.0.